The van der Waals surface area contributed by atoms with Crippen LogP contribution in [0.1, 0.15) is 18.9 Å². The van der Waals surface area contributed by atoms with E-state index in [2.05, 4.69) is 38.0 Å². The van der Waals surface area contributed by atoms with Crippen LogP contribution in [-0.2, 0) is 4.79 Å². The lowest BCUT2D eigenvalue weighted by molar-refractivity contribution is -0.113. The third kappa shape index (κ3) is 4.80. The standard InChI is InChI=1S/C15H17N7OS3/c1-3-8-24-15-19-17-13(26-15)16-12(23)9-25-14-18-20-21-22(14)11-7-5-4-6-10(11)2/h4-7H,3,8-9H2,1-2H3,(H,16,17,23). The number of benzene rings is 1. The molecule has 0 spiro atoms. The minimum atomic E-state index is -0.169. The molecule has 0 atom stereocenters. The molecule has 2 aromatic heterocycles. The van der Waals surface area contributed by atoms with Gasteiger partial charge in [0.1, 0.15) is 0 Å². The Morgan fingerprint density at radius 1 is 1.23 bits per heavy atom. The van der Waals surface area contributed by atoms with E-state index in [4.69, 9.17) is 0 Å². The van der Waals surface area contributed by atoms with E-state index in [-0.39, 0.29) is 11.7 Å². The normalized spacial score (nSPS) is 10.8. The van der Waals surface area contributed by atoms with Crippen molar-refractivity contribution in [3.05, 3.63) is 29.8 Å². The lowest BCUT2D eigenvalue weighted by atomic mass is 10.2. The van der Waals surface area contributed by atoms with Gasteiger partial charge in [-0.1, -0.05) is 60.0 Å². The summed E-state index contributed by atoms with van der Waals surface area (Å²) >= 11 is 4.29. The average Bonchev–Trinajstić information content (AvgIpc) is 3.28. The Hall–Kier alpha value is -1.98. The number of thioether (sulfide) groups is 2. The summed E-state index contributed by atoms with van der Waals surface area (Å²) in [4.78, 5) is 12.2. The van der Waals surface area contributed by atoms with Gasteiger partial charge in [0.15, 0.2) is 4.34 Å². The molecule has 0 aliphatic rings. The van der Waals surface area contributed by atoms with Gasteiger partial charge >= 0.3 is 0 Å². The van der Waals surface area contributed by atoms with Crippen molar-refractivity contribution in [2.45, 2.75) is 29.8 Å². The summed E-state index contributed by atoms with van der Waals surface area (Å²) < 4.78 is 2.50. The molecule has 136 valence electrons. The van der Waals surface area contributed by atoms with Crippen LogP contribution in [0.25, 0.3) is 5.69 Å². The molecule has 1 amide bonds. The van der Waals surface area contributed by atoms with Crippen molar-refractivity contribution < 1.29 is 4.79 Å². The fourth-order valence-electron chi connectivity index (χ4n) is 2.01. The molecule has 0 saturated carbocycles. The maximum Gasteiger partial charge on any atom is 0.236 e. The van der Waals surface area contributed by atoms with Crippen molar-refractivity contribution in [2.75, 3.05) is 16.8 Å². The highest BCUT2D eigenvalue weighted by Crippen LogP contribution is 2.26. The first kappa shape index (κ1) is 18.8. The van der Waals surface area contributed by atoms with E-state index in [1.54, 1.807) is 16.4 Å². The predicted molar refractivity (Wildman–Crippen MR) is 104 cm³/mol. The summed E-state index contributed by atoms with van der Waals surface area (Å²) in [6.07, 6.45) is 1.07. The zero-order chi connectivity index (χ0) is 18.4. The van der Waals surface area contributed by atoms with Gasteiger partial charge in [0, 0.05) is 5.75 Å². The number of aromatic nitrogens is 6. The summed E-state index contributed by atoms with van der Waals surface area (Å²) in [6.45, 7) is 4.10. The van der Waals surface area contributed by atoms with E-state index in [9.17, 15) is 4.79 Å². The first-order valence-electron chi connectivity index (χ1n) is 7.90. The van der Waals surface area contributed by atoms with Crippen LogP contribution in [0.3, 0.4) is 0 Å². The van der Waals surface area contributed by atoms with Crippen LogP contribution in [0.2, 0.25) is 0 Å². The molecule has 8 nitrogen and oxygen atoms in total. The van der Waals surface area contributed by atoms with Crippen molar-refractivity contribution in [1.29, 1.82) is 0 Å². The summed E-state index contributed by atoms with van der Waals surface area (Å²) in [5.74, 6) is 1.00. The van der Waals surface area contributed by atoms with Gasteiger partial charge in [-0.3, -0.25) is 10.1 Å². The molecule has 26 heavy (non-hydrogen) atoms. The fraction of sp³-hybridized carbons (Fsp3) is 0.333. The van der Waals surface area contributed by atoms with Crippen LogP contribution in [0, 0.1) is 6.92 Å². The van der Waals surface area contributed by atoms with Crippen LogP contribution in [0.15, 0.2) is 33.8 Å². The van der Waals surface area contributed by atoms with Gasteiger partial charge in [0.25, 0.3) is 0 Å². The quantitative estimate of drug-likeness (QED) is 0.449. The third-order valence-corrected chi connectivity index (χ3v) is 6.30. The van der Waals surface area contributed by atoms with Crippen LogP contribution in [0.5, 0.6) is 0 Å². The number of nitrogens with one attached hydrogen (secondary N) is 1. The van der Waals surface area contributed by atoms with Crippen molar-refractivity contribution in [2.24, 2.45) is 0 Å². The topological polar surface area (TPSA) is 98.5 Å². The number of hydrogen-bond acceptors (Lipinski definition) is 9. The molecule has 0 saturated heterocycles. The van der Waals surface area contributed by atoms with Crippen molar-refractivity contribution in [1.82, 2.24) is 30.4 Å². The third-order valence-electron chi connectivity index (χ3n) is 3.20. The smallest absolute Gasteiger partial charge is 0.236 e. The molecule has 1 N–H and O–H groups in total. The fourth-order valence-corrected chi connectivity index (χ4v) is 4.39. The summed E-state index contributed by atoms with van der Waals surface area (Å²) in [5, 5.41) is 23.6. The van der Waals surface area contributed by atoms with Crippen molar-refractivity contribution >= 4 is 45.9 Å². The zero-order valence-electron chi connectivity index (χ0n) is 14.2. The zero-order valence-corrected chi connectivity index (χ0v) is 16.7. The predicted octanol–water partition coefficient (Wildman–Crippen LogP) is 3.06. The van der Waals surface area contributed by atoms with E-state index >= 15 is 0 Å². The SMILES string of the molecule is CCCSc1nnc(NC(=O)CSc2nnnn2-c2ccccc2C)s1. The molecular weight excluding hydrogens is 390 g/mol. The Bertz CT molecular complexity index is 880. The molecule has 0 bridgehead atoms. The lowest BCUT2D eigenvalue weighted by Gasteiger charge is -2.06. The number of carbonyl (C=O) groups excluding carboxylic acids is 1. The maximum atomic E-state index is 12.2. The van der Waals surface area contributed by atoms with Gasteiger partial charge < -0.3 is 0 Å². The van der Waals surface area contributed by atoms with Gasteiger partial charge in [-0.2, -0.15) is 4.68 Å². The van der Waals surface area contributed by atoms with Crippen molar-refractivity contribution in [3.63, 3.8) is 0 Å². The number of carbonyl (C=O) groups is 1. The van der Waals surface area contributed by atoms with E-state index in [0.29, 0.717) is 10.3 Å². The van der Waals surface area contributed by atoms with Crippen LogP contribution < -0.4 is 5.32 Å². The van der Waals surface area contributed by atoms with Gasteiger partial charge in [0.05, 0.1) is 11.4 Å². The second-order valence-corrected chi connectivity index (χ2v) is 8.48. The Kier molecular flexibility index (Phi) is 6.58. The highest BCUT2D eigenvalue weighted by atomic mass is 32.2. The number of nitrogens with zero attached hydrogens (tertiary/aromatic N) is 6. The summed E-state index contributed by atoms with van der Waals surface area (Å²) in [7, 11) is 0. The monoisotopic (exact) mass is 407 g/mol. The van der Waals surface area contributed by atoms with Gasteiger partial charge in [-0.25, -0.2) is 0 Å². The van der Waals surface area contributed by atoms with Gasteiger partial charge in [0.2, 0.25) is 16.2 Å². The molecule has 0 radical (unpaired) electrons. The number of amides is 1. The average molecular weight is 408 g/mol. The molecule has 0 aliphatic carbocycles. The molecule has 0 aliphatic heterocycles. The van der Waals surface area contributed by atoms with E-state index in [1.165, 1.54) is 23.1 Å². The Balaban J connectivity index is 1.58. The highest BCUT2D eigenvalue weighted by molar-refractivity contribution is 8.01. The summed E-state index contributed by atoms with van der Waals surface area (Å²) in [6, 6.07) is 7.81. The number of rotatable bonds is 8. The van der Waals surface area contributed by atoms with E-state index < -0.39 is 0 Å². The summed E-state index contributed by atoms with van der Waals surface area (Å²) in [5.41, 5.74) is 1.94. The number of para-hydroxylation sites is 1. The number of hydrogen-bond donors (Lipinski definition) is 1. The molecule has 3 rings (SSSR count). The molecular formula is C15H17N7OS3. The van der Waals surface area contributed by atoms with E-state index in [0.717, 1.165) is 27.8 Å². The minimum Gasteiger partial charge on any atom is -0.300 e. The van der Waals surface area contributed by atoms with Crippen LogP contribution >= 0.6 is 34.9 Å². The Morgan fingerprint density at radius 3 is 2.88 bits per heavy atom. The molecule has 3 aromatic rings. The number of anilines is 1. The van der Waals surface area contributed by atoms with Crippen molar-refractivity contribution in [3.8, 4) is 5.69 Å². The molecule has 0 unspecified atom stereocenters. The Morgan fingerprint density at radius 2 is 2.08 bits per heavy atom. The maximum absolute atomic E-state index is 12.2. The first-order chi connectivity index (χ1) is 12.7. The molecule has 2 heterocycles. The van der Waals surface area contributed by atoms with Gasteiger partial charge in [-0.05, 0) is 35.4 Å². The highest BCUT2D eigenvalue weighted by Gasteiger charge is 2.14. The Labute approximate surface area is 163 Å². The second kappa shape index (κ2) is 9.10. The van der Waals surface area contributed by atoms with Crippen LogP contribution in [0.4, 0.5) is 5.13 Å². The van der Waals surface area contributed by atoms with Gasteiger partial charge in [-0.15, -0.1) is 15.3 Å². The second-order valence-electron chi connectivity index (χ2n) is 5.22. The van der Waals surface area contributed by atoms with Crippen LogP contribution in [-0.4, -0.2) is 47.8 Å². The largest absolute Gasteiger partial charge is 0.300 e. The number of aryl methyl sites for hydroxylation is 1. The number of tetrazole rings is 1. The molecule has 11 heteroatoms. The molecule has 0 fully saturated rings. The molecule has 1 aromatic carbocycles. The lowest BCUT2D eigenvalue weighted by Crippen LogP contribution is -2.14. The van der Waals surface area contributed by atoms with E-state index in [1.807, 2.05) is 31.2 Å². The first-order valence-corrected chi connectivity index (χ1v) is 10.7. The minimum absolute atomic E-state index is 0.169.